The Labute approximate surface area is 88.3 Å². The van der Waals surface area contributed by atoms with Crippen molar-refractivity contribution in [3.05, 3.63) is 0 Å². The first-order chi connectivity index (χ1) is 6.81. The van der Waals surface area contributed by atoms with E-state index < -0.39 is 0 Å². The Bertz CT molecular complexity index is 151. The van der Waals surface area contributed by atoms with Gasteiger partial charge in [-0.15, -0.1) is 0 Å². The minimum Gasteiger partial charge on any atom is -0.380 e. The number of hydrogen-bond acceptors (Lipinski definition) is 2. The van der Waals surface area contributed by atoms with Crippen molar-refractivity contribution in [1.29, 1.82) is 5.26 Å². The van der Waals surface area contributed by atoms with E-state index in [9.17, 15) is 0 Å². The summed E-state index contributed by atoms with van der Waals surface area (Å²) in [4.78, 5) is 0. The molecule has 1 unspecified atom stereocenters. The molecule has 0 aliphatic carbocycles. The lowest BCUT2D eigenvalue weighted by Crippen LogP contribution is -2.04. The number of nitrogens with zero attached hydrogens (tertiary/aromatic N) is 1. The second kappa shape index (κ2) is 10.5. The summed E-state index contributed by atoms with van der Waals surface area (Å²) in [7, 11) is 0. The third-order valence-electron chi connectivity index (χ3n) is 2.23. The maximum Gasteiger partial charge on any atom is 0.0677 e. The molecule has 0 aromatic heterocycles. The van der Waals surface area contributed by atoms with Crippen molar-refractivity contribution < 1.29 is 4.74 Å². The molecule has 0 radical (unpaired) electrons. The van der Waals surface area contributed by atoms with Crippen molar-refractivity contribution in [3.63, 3.8) is 0 Å². The minimum atomic E-state index is 0.0371. The van der Waals surface area contributed by atoms with Crippen LogP contribution in [0.25, 0.3) is 0 Å². The molecule has 0 bridgehead atoms. The zero-order valence-electron chi connectivity index (χ0n) is 9.59. The van der Waals surface area contributed by atoms with Crippen LogP contribution in [-0.4, -0.2) is 13.2 Å². The van der Waals surface area contributed by atoms with Crippen LogP contribution in [0.2, 0.25) is 0 Å². The molecule has 0 amide bonds. The number of ether oxygens (including phenoxy) is 1. The lowest BCUT2D eigenvalue weighted by Gasteiger charge is -2.04. The van der Waals surface area contributed by atoms with E-state index in [1.165, 1.54) is 32.1 Å². The van der Waals surface area contributed by atoms with Crippen molar-refractivity contribution in [3.8, 4) is 6.07 Å². The van der Waals surface area contributed by atoms with E-state index >= 15 is 0 Å². The van der Waals surface area contributed by atoms with E-state index in [0.717, 1.165) is 13.0 Å². The zero-order chi connectivity index (χ0) is 10.6. The van der Waals surface area contributed by atoms with E-state index in [1.807, 2.05) is 6.92 Å². The van der Waals surface area contributed by atoms with Gasteiger partial charge in [0.25, 0.3) is 0 Å². The van der Waals surface area contributed by atoms with Gasteiger partial charge in [-0.05, 0) is 13.3 Å². The fraction of sp³-hybridized carbons (Fsp3) is 0.917. The molecular weight excluding hydrogens is 174 g/mol. The van der Waals surface area contributed by atoms with Gasteiger partial charge in [0.1, 0.15) is 0 Å². The Balaban J connectivity index is 2.96. The molecule has 0 aliphatic heterocycles. The predicted octanol–water partition coefficient (Wildman–Crippen LogP) is 3.52. The van der Waals surface area contributed by atoms with Crippen LogP contribution in [0.15, 0.2) is 0 Å². The van der Waals surface area contributed by atoms with Crippen LogP contribution in [0.1, 0.15) is 52.4 Å². The molecule has 2 heteroatoms. The fourth-order valence-electron chi connectivity index (χ4n) is 1.28. The van der Waals surface area contributed by atoms with Gasteiger partial charge in [0.15, 0.2) is 0 Å². The van der Waals surface area contributed by atoms with Crippen molar-refractivity contribution >= 4 is 0 Å². The second-order valence-corrected chi connectivity index (χ2v) is 3.87. The number of nitriles is 1. The SMILES string of the molecule is CCCCCCCCOCC(C)C#N. The summed E-state index contributed by atoms with van der Waals surface area (Å²) >= 11 is 0. The highest BCUT2D eigenvalue weighted by Gasteiger charge is 1.98. The second-order valence-electron chi connectivity index (χ2n) is 3.87. The molecule has 0 aliphatic rings. The van der Waals surface area contributed by atoms with Gasteiger partial charge in [-0.2, -0.15) is 5.26 Å². The van der Waals surface area contributed by atoms with E-state index in [-0.39, 0.29) is 5.92 Å². The van der Waals surface area contributed by atoms with Gasteiger partial charge in [0, 0.05) is 6.61 Å². The lowest BCUT2D eigenvalue weighted by atomic mass is 10.1. The maximum atomic E-state index is 8.50. The smallest absolute Gasteiger partial charge is 0.0677 e. The summed E-state index contributed by atoms with van der Waals surface area (Å²) in [6.45, 7) is 5.53. The Morgan fingerprint density at radius 3 is 2.43 bits per heavy atom. The normalized spacial score (nSPS) is 12.4. The van der Waals surface area contributed by atoms with Crippen molar-refractivity contribution in [2.24, 2.45) is 5.92 Å². The number of hydrogen-bond donors (Lipinski definition) is 0. The van der Waals surface area contributed by atoms with Crippen molar-refractivity contribution in [2.45, 2.75) is 52.4 Å². The molecule has 0 saturated carbocycles. The van der Waals surface area contributed by atoms with Gasteiger partial charge in [0.05, 0.1) is 18.6 Å². The van der Waals surface area contributed by atoms with E-state index in [1.54, 1.807) is 0 Å². The quantitative estimate of drug-likeness (QED) is 0.530. The molecule has 82 valence electrons. The van der Waals surface area contributed by atoms with Crippen LogP contribution in [0.3, 0.4) is 0 Å². The fourth-order valence-corrected chi connectivity index (χ4v) is 1.28. The van der Waals surface area contributed by atoms with Gasteiger partial charge < -0.3 is 4.74 Å². The Kier molecular flexibility index (Phi) is 10.1. The van der Waals surface area contributed by atoms with Crippen molar-refractivity contribution in [1.82, 2.24) is 0 Å². The molecular formula is C12H23NO. The standard InChI is InChI=1S/C12H23NO/c1-3-4-5-6-7-8-9-14-11-12(2)10-13/h12H,3-9,11H2,1-2H3. The highest BCUT2D eigenvalue weighted by atomic mass is 16.5. The Morgan fingerprint density at radius 2 is 1.79 bits per heavy atom. The molecule has 0 fully saturated rings. The van der Waals surface area contributed by atoms with Gasteiger partial charge in [-0.3, -0.25) is 0 Å². The maximum absolute atomic E-state index is 8.50. The monoisotopic (exact) mass is 197 g/mol. The topological polar surface area (TPSA) is 33.0 Å². The summed E-state index contributed by atoms with van der Waals surface area (Å²) in [6.07, 6.45) is 7.74. The third kappa shape index (κ3) is 9.54. The van der Waals surface area contributed by atoms with Gasteiger partial charge in [-0.1, -0.05) is 39.0 Å². The molecule has 0 heterocycles. The molecule has 0 spiro atoms. The average Bonchev–Trinajstić information content (AvgIpc) is 2.21. The summed E-state index contributed by atoms with van der Waals surface area (Å²) in [5, 5.41) is 8.50. The minimum absolute atomic E-state index is 0.0371. The van der Waals surface area contributed by atoms with Crippen LogP contribution in [0.4, 0.5) is 0 Å². The summed E-state index contributed by atoms with van der Waals surface area (Å²) < 4.78 is 5.37. The molecule has 0 rings (SSSR count). The molecule has 0 saturated heterocycles. The number of unbranched alkanes of at least 4 members (excludes halogenated alkanes) is 5. The molecule has 0 aromatic rings. The summed E-state index contributed by atoms with van der Waals surface area (Å²) in [5.74, 6) is 0.0371. The van der Waals surface area contributed by atoms with Crippen LogP contribution < -0.4 is 0 Å². The highest BCUT2D eigenvalue weighted by Crippen LogP contribution is 2.05. The van der Waals surface area contributed by atoms with E-state index in [2.05, 4.69) is 13.0 Å². The largest absolute Gasteiger partial charge is 0.380 e. The van der Waals surface area contributed by atoms with Gasteiger partial charge in [-0.25, -0.2) is 0 Å². The van der Waals surface area contributed by atoms with Crippen molar-refractivity contribution in [2.75, 3.05) is 13.2 Å². The zero-order valence-corrected chi connectivity index (χ0v) is 9.59. The molecule has 0 aromatic carbocycles. The average molecular weight is 197 g/mol. The Hall–Kier alpha value is -0.550. The predicted molar refractivity (Wildman–Crippen MR) is 59.0 cm³/mol. The number of rotatable bonds is 9. The van der Waals surface area contributed by atoms with Gasteiger partial charge >= 0.3 is 0 Å². The van der Waals surface area contributed by atoms with Crippen LogP contribution >= 0.6 is 0 Å². The first-order valence-corrected chi connectivity index (χ1v) is 5.78. The molecule has 0 N–H and O–H groups in total. The van der Waals surface area contributed by atoms with Gasteiger partial charge in [0.2, 0.25) is 0 Å². The summed E-state index contributed by atoms with van der Waals surface area (Å²) in [5.41, 5.74) is 0. The molecule has 1 atom stereocenters. The van der Waals surface area contributed by atoms with Crippen LogP contribution in [-0.2, 0) is 4.74 Å². The van der Waals surface area contributed by atoms with E-state index in [4.69, 9.17) is 10.00 Å². The summed E-state index contributed by atoms with van der Waals surface area (Å²) in [6, 6.07) is 2.16. The molecule has 2 nitrogen and oxygen atoms in total. The Morgan fingerprint density at radius 1 is 1.14 bits per heavy atom. The van der Waals surface area contributed by atoms with Crippen LogP contribution in [0.5, 0.6) is 0 Å². The first kappa shape index (κ1) is 13.4. The van der Waals surface area contributed by atoms with Crippen LogP contribution in [0, 0.1) is 17.2 Å². The molecule has 14 heavy (non-hydrogen) atoms. The lowest BCUT2D eigenvalue weighted by molar-refractivity contribution is 0.115. The first-order valence-electron chi connectivity index (χ1n) is 5.78. The highest BCUT2D eigenvalue weighted by molar-refractivity contribution is 4.77. The third-order valence-corrected chi connectivity index (χ3v) is 2.23. The van der Waals surface area contributed by atoms with E-state index in [0.29, 0.717) is 6.61 Å².